The predicted molar refractivity (Wildman–Crippen MR) is 65.2 cm³/mol. The van der Waals surface area contributed by atoms with E-state index in [1.54, 1.807) is 11.3 Å². The monoisotopic (exact) mass is 225 g/mol. The molecule has 0 atom stereocenters. The summed E-state index contributed by atoms with van der Waals surface area (Å²) in [7, 11) is 0. The third-order valence-corrected chi connectivity index (χ3v) is 3.24. The second kappa shape index (κ2) is 7.60. The molecule has 1 heterocycles. The highest BCUT2D eigenvalue weighted by Crippen LogP contribution is 2.11. The molecule has 0 fully saturated rings. The van der Waals surface area contributed by atoms with Crippen molar-refractivity contribution in [2.75, 3.05) is 6.54 Å². The van der Waals surface area contributed by atoms with Crippen molar-refractivity contribution in [3.63, 3.8) is 0 Å². The molecule has 2 nitrogen and oxygen atoms in total. The van der Waals surface area contributed by atoms with Crippen LogP contribution in [-0.2, 0) is 11.2 Å². The number of hydrogen-bond donors (Lipinski definition) is 1. The quantitative estimate of drug-likeness (QED) is 0.691. The number of thiophene rings is 1. The highest BCUT2D eigenvalue weighted by molar-refractivity contribution is 7.10. The molecule has 0 saturated carbocycles. The largest absolute Gasteiger partial charge is 0.330 e. The molecule has 0 amide bonds. The van der Waals surface area contributed by atoms with Crippen LogP contribution in [0.1, 0.15) is 37.0 Å². The van der Waals surface area contributed by atoms with Gasteiger partial charge in [-0.15, -0.1) is 11.3 Å². The molecule has 15 heavy (non-hydrogen) atoms. The van der Waals surface area contributed by atoms with Gasteiger partial charge in [0.1, 0.15) is 5.78 Å². The third-order valence-electron chi connectivity index (χ3n) is 2.36. The van der Waals surface area contributed by atoms with Gasteiger partial charge in [-0.2, -0.15) is 0 Å². The number of unbranched alkanes of at least 4 members (excludes halogenated alkanes) is 3. The molecule has 0 spiro atoms. The fourth-order valence-electron chi connectivity index (χ4n) is 1.52. The van der Waals surface area contributed by atoms with Crippen LogP contribution in [0.2, 0.25) is 0 Å². The summed E-state index contributed by atoms with van der Waals surface area (Å²) in [5.41, 5.74) is 5.40. The first-order chi connectivity index (χ1) is 7.33. The van der Waals surface area contributed by atoms with E-state index in [1.165, 1.54) is 4.88 Å². The van der Waals surface area contributed by atoms with Crippen molar-refractivity contribution in [1.29, 1.82) is 0 Å². The summed E-state index contributed by atoms with van der Waals surface area (Å²) in [6, 6.07) is 4.02. The van der Waals surface area contributed by atoms with Crippen LogP contribution < -0.4 is 5.73 Å². The molecular formula is C12H19NOS. The minimum atomic E-state index is 0.366. The molecule has 0 aliphatic rings. The van der Waals surface area contributed by atoms with Gasteiger partial charge < -0.3 is 5.73 Å². The zero-order valence-electron chi connectivity index (χ0n) is 9.08. The summed E-state index contributed by atoms with van der Waals surface area (Å²) < 4.78 is 0. The normalized spacial score (nSPS) is 10.5. The molecular weight excluding hydrogens is 206 g/mol. The number of rotatable bonds is 8. The van der Waals surface area contributed by atoms with Crippen molar-refractivity contribution in [3.05, 3.63) is 22.4 Å². The molecule has 0 saturated heterocycles. The van der Waals surface area contributed by atoms with Crippen LogP contribution >= 0.6 is 11.3 Å². The van der Waals surface area contributed by atoms with Crippen LogP contribution in [0, 0.1) is 0 Å². The maximum absolute atomic E-state index is 11.5. The van der Waals surface area contributed by atoms with E-state index in [9.17, 15) is 4.79 Å². The van der Waals surface area contributed by atoms with Crippen LogP contribution in [0.15, 0.2) is 17.5 Å². The molecule has 84 valence electrons. The number of hydrogen-bond acceptors (Lipinski definition) is 3. The van der Waals surface area contributed by atoms with E-state index in [2.05, 4.69) is 0 Å². The lowest BCUT2D eigenvalue weighted by atomic mass is 10.1. The standard InChI is InChI=1S/C12H19NOS/c13-8-4-2-1-3-6-11(14)10-12-7-5-9-15-12/h5,7,9H,1-4,6,8,10,13H2. The summed E-state index contributed by atoms with van der Waals surface area (Å²) in [5.74, 6) is 0.366. The van der Waals surface area contributed by atoms with Crippen molar-refractivity contribution in [3.8, 4) is 0 Å². The van der Waals surface area contributed by atoms with Gasteiger partial charge >= 0.3 is 0 Å². The van der Waals surface area contributed by atoms with E-state index >= 15 is 0 Å². The Kier molecular flexibility index (Phi) is 6.28. The minimum Gasteiger partial charge on any atom is -0.330 e. The molecule has 0 unspecified atom stereocenters. The Bertz CT molecular complexity index is 269. The lowest BCUT2D eigenvalue weighted by molar-refractivity contribution is -0.118. The van der Waals surface area contributed by atoms with Gasteiger partial charge in [-0.1, -0.05) is 18.9 Å². The Morgan fingerprint density at radius 3 is 2.73 bits per heavy atom. The Morgan fingerprint density at radius 2 is 2.07 bits per heavy atom. The second-order valence-corrected chi connectivity index (χ2v) is 4.78. The molecule has 0 radical (unpaired) electrons. The van der Waals surface area contributed by atoms with Crippen molar-refractivity contribution < 1.29 is 4.79 Å². The second-order valence-electron chi connectivity index (χ2n) is 3.75. The van der Waals surface area contributed by atoms with E-state index in [0.29, 0.717) is 12.2 Å². The molecule has 1 aromatic rings. The minimum absolute atomic E-state index is 0.366. The molecule has 0 aliphatic carbocycles. The number of ketones is 1. The third kappa shape index (κ3) is 5.70. The van der Waals surface area contributed by atoms with E-state index in [-0.39, 0.29) is 0 Å². The highest BCUT2D eigenvalue weighted by Gasteiger charge is 2.03. The lowest BCUT2D eigenvalue weighted by Gasteiger charge is -1.99. The molecule has 1 aromatic heterocycles. The molecule has 1 rings (SSSR count). The molecule has 3 heteroatoms. The number of carbonyl (C=O) groups excluding carboxylic acids is 1. The number of Topliss-reactive ketones (excluding diaryl/α,β-unsaturated/α-hetero) is 1. The average Bonchev–Trinajstić information content (AvgIpc) is 2.70. The summed E-state index contributed by atoms with van der Waals surface area (Å²) in [5, 5.41) is 2.02. The van der Waals surface area contributed by atoms with Gasteiger partial charge in [0.25, 0.3) is 0 Å². The van der Waals surface area contributed by atoms with Gasteiger partial charge in [0.2, 0.25) is 0 Å². The maximum Gasteiger partial charge on any atom is 0.138 e. The first-order valence-corrected chi connectivity index (χ1v) is 6.45. The van der Waals surface area contributed by atoms with Gasteiger partial charge in [-0.05, 0) is 30.8 Å². The van der Waals surface area contributed by atoms with Gasteiger partial charge in [0, 0.05) is 17.7 Å². The van der Waals surface area contributed by atoms with Gasteiger partial charge in [0.15, 0.2) is 0 Å². The predicted octanol–water partition coefficient (Wildman–Crippen LogP) is 2.77. The topological polar surface area (TPSA) is 43.1 Å². The van der Waals surface area contributed by atoms with Gasteiger partial charge in [0.05, 0.1) is 0 Å². The maximum atomic E-state index is 11.5. The van der Waals surface area contributed by atoms with Crippen molar-refractivity contribution >= 4 is 17.1 Å². The summed E-state index contributed by atoms with van der Waals surface area (Å²) in [4.78, 5) is 12.7. The van der Waals surface area contributed by atoms with E-state index < -0.39 is 0 Å². The smallest absolute Gasteiger partial charge is 0.138 e. The zero-order valence-corrected chi connectivity index (χ0v) is 9.89. The average molecular weight is 225 g/mol. The Morgan fingerprint density at radius 1 is 1.27 bits per heavy atom. The first kappa shape index (κ1) is 12.4. The summed E-state index contributed by atoms with van der Waals surface area (Å²) in [6.45, 7) is 0.767. The summed E-state index contributed by atoms with van der Waals surface area (Å²) >= 11 is 1.66. The van der Waals surface area contributed by atoms with E-state index in [0.717, 1.165) is 38.6 Å². The van der Waals surface area contributed by atoms with Crippen LogP contribution in [0.3, 0.4) is 0 Å². The van der Waals surface area contributed by atoms with Crippen LogP contribution in [-0.4, -0.2) is 12.3 Å². The Labute approximate surface area is 95.5 Å². The van der Waals surface area contributed by atoms with Crippen molar-refractivity contribution in [2.45, 2.75) is 38.5 Å². The molecule has 2 N–H and O–H groups in total. The van der Waals surface area contributed by atoms with Crippen LogP contribution in [0.4, 0.5) is 0 Å². The van der Waals surface area contributed by atoms with E-state index in [1.807, 2.05) is 17.5 Å². The van der Waals surface area contributed by atoms with Gasteiger partial charge in [-0.25, -0.2) is 0 Å². The Hall–Kier alpha value is -0.670. The fourth-order valence-corrected chi connectivity index (χ4v) is 2.25. The van der Waals surface area contributed by atoms with E-state index in [4.69, 9.17) is 5.73 Å². The first-order valence-electron chi connectivity index (χ1n) is 5.57. The fraction of sp³-hybridized carbons (Fsp3) is 0.583. The molecule has 0 aromatic carbocycles. The van der Waals surface area contributed by atoms with Crippen molar-refractivity contribution in [1.82, 2.24) is 0 Å². The van der Waals surface area contributed by atoms with Crippen molar-refractivity contribution in [2.24, 2.45) is 5.73 Å². The molecule has 0 bridgehead atoms. The number of nitrogens with two attached hydrogens (primary N) is 1. The molecule has 0 aliphatic heterocycles. The lowest BCUT2D eigenvalue weighted by Crippen LogP contribution is -2.01. The Balaban J connectivity index is 2.04. The van der Waals surface area contributed by atoms with Crippen LogP contribution in [0.25, 0.3) is 0 Å². The SMILES string of the molecule is NCCCCCCC(=O)Cc1cccs1. The zero-order chi connectivity index (χ0) is 10.9. The van der Waals surface area contributed by atoms with Crippen LogP contribution in [0.5, 0.6) is 0 Å². The van der Waals surface area contributed by atoms with Gasteiger partial charge in [-0.3, -0.25) is 4.79 Å². The number of carbonyl (C=O) groups is 1. The highest BCUT2D eigenvalue weighted by atomic mass is 32.1. The summed E-state index contributed by atoms with van der Waals surface area (Å²) in [6.07, 6.45) is 5.73.